The second-order valence-corrected chi connectivity index (χ2v) is 4.35. The van der Waals surface area contributed by atoms with Gasteiger partial charge in [-0.05, 0) is 31.8 Å². The molecule has 0 atom stereocenters. The van der Waals surface area contributed by atoms with Gasteiger partial charge in [-0.2, -0.15) is 5.10 Å². The molecule has 17 heavy (non-hydrogen) atoms. The standard InChI is InChI=1S/C11H18N4O.ClH/c1-15-8-10(7-13-15)14-11(16)6-9-2-4-12-5-3-9;/h7-9,12H,2-6H2,1H3,(H,14,16);1H. The van der Waals surface area contributed by atoms with Gasteiger partial charge in [0.15, 0.2) is 0 Å². The highest BCUT2D eigenvalue weighted by Crippen LogP contribution is 2.16. The first-order valence-corrected chi connectivity index (χ1v) is 5.73. The van der Waals surface area contributed by atoms with Crippen LogP contribution in [0.5, 0.6) is 0 Å². The zero-order valence-corrected chi connectivity index (χ0v) is 10.8. The Hall–Kier alpha value is -1.07. The summed E-state index contributed by atoms with van der Waals surface area (Å²) in [5.41, 5.74) is 0.779. The lowest BCUT2D eigenvalue weighted by molar-refractivity contribution is -0.117. The predicted octanol–water partition coefficient (Wildman–Crippen LogP) is 1.17. The van der Waals surface area contributed by atoms with Crippen LogP contribution in [-0.4, -0.2) is 28.8 Å². The van der Waals surface area contributed by atoms with Crippen LogP contribution in [0, 0.1) is 5.92 Å². The third-order valence-corrected chi connectivity index (χ3v) is 2.92. The monoisotopic (exact) mass is 258 g/mol. The minimum Gasteiger partial charge on any atom is -0.323 e. The van der Waals surface area contributed by atoms with Gasteiger partial charge in [-0.1, -0.05) is 0 Å². The number of amides is 1. The van der Waals surface area contributed by atoms with Crippen LogP contribution in [0.1, 0.15) is 19.3 Å². The molecule has 96 valence electrons. The molecule has 2 heterocycles. The topological polar surface area (TPSA) is 59.0 Å². The molecule has 1 aromatic heterocycles. The molecule has 0 unspecified atom stereocenters. The van der Waals surface area contributed by atoms with E-state index in [1.807, 2.05) is 7.05 Å². The van der Waals surface area contributed by atoms with Gasteiger partial charge in [0.1, 0.15) is 0 Å². The van der Waals surface area contributed by atoms with Gasteiger partial charge in [-0.3, -0.25) is 9.48 Å². The number of hydrogen-bond acceptors (Lipinski definition) is 3. The van der Waals surface area contributed by atoms with Crippen LogP contribution in [-0.2, 0) is 11.8 Å². The Balaban J connectivity index is 0.00000144. The third-order valence-electron chi connectivity index (χ3n) is 2.92. The Bertz CT molecular complexity index is 360. The second kappa shape index (κ2) is 6.61. The number of rotatable bonds is 3. The number of anilines is 1. The maximum atomic E-state index is 11.7. The molecular formula is C11H19ClN4O. The molecule has 6 heteroatoms. The fraction of sp³-hybridized carbons (Fsp3) is 0.636. The van der Waals surface area contributed by atoms with E-state index in [9.17, 15) is 4.79 Å². The van der Waals surface area contributed by atoms with Crippen molar-refractivity contribution in [2.24, 2.45) is 13.0 Å². The van der Waals surface area contributed by atoms with Gasteiger partial charge < -0.3 is 10.6 Å². The Labute approximate surface area is 107 Å². The van der Waals surface area contributed by atoms with E-state index >= 15 is 0 Å². The van der Waals surface area contributed by atoms with Gasteiger partial charge in [-0.25, -0.2) is 0 Å². The molecule has 1 fully saturated rings. The molecule has 0 bridgehead atoms. The normalized spacial score (nSPS) is 16.3. The van der Waals surface area contributed by atoms with Crippen molar-refractivity contribution in [2.45, 2.75) is 19.3 Å². The lowest BCUT2D eigenvalue weighted by atomic mass is 9.94. The molecule has 1 aliphatic heterocycles. The fourth-order valence-electron chi connectivity index (χ4n) is 2.05. The van der Waals surface area contributed by atoms with Crippen LogP contribution >= 0.6 is 12.4 Å². The van der Waals surface area contributed by atoms with Crippen molar-refractivity contribution in [1.29, 1.82) is 0 Å². The highest BCUT2D eigenvalue weighted by atomic mass is 35.5. The molecule has 5 nitrogen and oxygen atoms in total. The molecule has 0 aliphatic carbocycles. The Morgan fingerprint density at radius 2 is 2.29 bits per heavy atom. The molecular weight excluding hydrogens is 240 g/mol. The average molecular weight is 259 g/mol. The number of hydrogen-bond donors (Lipinski definition) is 2. The number of carbonyl (C=O) groups excluding carboxylic acids is 1. The van der Waals surface area contributed by atoms with Crippen molar-refractivity contribution in [3.8, 4) is 0 Å². The predicted molar refractivity (Wildman–Crippen MR) is 69.3 cm³/mol. The van der Waals surface area contributed by atoms with E-state index in [0.717, 1.165) is 31.6 Å². The molecule has 0 spiro atoms. The molecule has 1 amide bonds. The minimum absolute atomic E-state index is 0. The summed E-state index contributed by atoms with van der Waals surface area (Å²) in [6.45, 7) is 2.07. The number of carbonyl (C=O) groups is 1. The summed E-state index contributed by atoms with van der Waals surface area (Å²) in [5, 5.41) is 10.2. The summed E-state index contributed by atoms with van der Waals surface area (Å²) in [5.74, 6) is 0.623. The first-order chi connectivity index (χ1) is 7.74. The van der Waals surface area contributed by atoms with E-state index in [2.05, 4.69) is 15.7 Å². The quantitative estimate of drug-likeness (QED) is 0.856. The molecule has 1 aromatic rings. The second-order valence-electron chi connectivity index (χ2n) is 4.35. The Morgan fingerprint density at radius 3 is 2.88 bits per heavy atom. The van der Waals surface area contributed by atoms with Gasteiger partial charge in [0.2, 0.25) is 5.91 Å². The summed E-state index contributed by atoms with van der Waals surface area (Å²) >= 11 is 0. The van der Waals surface area contributed by atoms with Gasteiger partial charge in [-0.15, -0.1) is 12.4 Å². The molecule has 0 aromatic carbocycles. The minimum atomic E-state index is 0. The van der Waals surface area contributed by atoms with E-state index in [-0.39, 0.29) is 18.3 Å². The number of piperidine rings is 1. The van der Waals surface area contributed by atoms with Crippen LogP contribution in [0.4, 0.5) is 5.69 Å². The lowest BCUT2D eigenvalue weighted by Gasteiger charge is -2.21. The first-order valence-electron chi connectivity index (χ1n) is 5.73. The van der Waals surface area contributed by atoms with Crippen molar-refractivity contribution in [2.75, 3.05) is 18.4 Å². The van der Waals surface area contributed by atoms with E-state index in [4.69, 9.17) is 0 Å². The maximum absolute atomic E-state index is 11.7. The zero-order valence-electron chi connectivity index (χ0n) is 9.98. The molecule has 2 N–H and O–H groups in total. The van der Waals surface area contributed by atoms with Crippen molar-refractivity contribution in [1.82, 2.24) is 15.1 Å². The van der Waals surface area contributed by atoms with Gasteiger partial charge in [0.05, 0.1) is 11.9 Å². The smallest absolute Gasteiger partial charge is 0.224 e. The number of nitrogens with zero attached hydrogens (tertiary/aromatic N) is 2. The third kappa shape index (κ3) is 4.36. The van der Waals surface area contributed by atoms with Crippen LogP contribution in [0.2, 0.25) is 0 Å². The van der Waals surface area contributed by atoms with Crippen molar-refractivity contribution < 1.29 is 4.79 Å². The van der Waals surface area contributed by atoms with Crippen molar-refractivity contribution in [3.63, 3.8) is 0 Å². The molecule has 0 saturated carbocycles. The maximum Gasteiger partial charge on any atom is 0.224 e. The SMILES string of the molecule is Cl.Cn1cc(NC(=O)CC2CCNCC2)cn1. The average Bonchev–Trinajstić information content (AvgIpc) is 2.65. The number of nitrogens with one attached hydrogen (secondary N) is 2. The summed E-state index contributed by atoms with van der Waals surface area (Å²) < 4.78 is 1.68. The largest absolute Gasteiger partial charge is 0.323 e. The molecule has 1 aliphatic rings. The Morgan fingerprint density at radius 1 is 1.59 bits per heavy atom. The molecule has 2 rings (SSSR count). The summed E-state index contributed by atoms with van der Waals surface area (Å²) in [6.07, 6.45) is 6.29. The van der Waals surface area contributed by atoms with Gasteiger partial charge >= 0.3 is 0 Å². The van der Waals surface area contributed by atoms with Crippen molar-refractivity contribution in [3.05, 3.63) is 12.4 Å². The van der Waals surface area contributed by atoms with Crippen molar-refractivity contribution >= 4 is 24.0 Å². The van der Waals surface area contributed by atoms with E-state index in [1.54, 1.807) is 17.1 Å². The Kier molecular flexibility index (Phi) is 5.44. The van der Waals surface area contributed by atoms with Crippen LogP contribution in [0.25, 0.3) is 0 Å². The summed E-state index contributed by atoms with van der Waals surface area (Å²) in [6, 6.07) is 0. The lowest BCUT2D eigenvalue weighted by Crippen LogP contribution is -2.30. The molecule has 0 radical (unpaired) electrons. The fourth-order valence-corrected chi connectivity index (χ4v) is 2.05. The van der Waals surface area contributed by atoms with E-state index in [0.29, 0.717) is 12.3 Å². The van der Waals surface area contributed by atoms with Crippen LogP contribution in [0.3, 0.4) is 0 Å². The first kappa shape index (κ1) is 14.0. The number of aromatic nitrogens is 2. The van der Waals surface area contributed by atoms with Crippen LogP contribution in [0.15, 0.2) is 12.4 Å². The van der Waals surface area contributed by atoms with Gasteiger partial charge in [0, 0.05) is 19.7 Å². The highest BCUT2D eigenvalue weighted by molar-refractivity contribution is 5.90. The highest BCUT2D eigenvalue weighted by Gasteiger charge is 2.16. The van der Waals surface area contributed by atoms with Crippen LogP contribution < -0.4 is 10.6 Å². The zero-order chi connectivity index (χ0) is 11.4. The number of halogens is 1. The summed E-state index contributed by atoms with van der Waals surface area (Å²) in [4.78, 5) is 11.7. The van der Waals surface area contributed by atoms with E-state index < -0.39 is 0 Å². The number of aryl methyl sites for hydroxylation is 1. The summed E-state index contributed by atoms with van der Waals surface area (Å²) in [7, 11) is 1.84. The molecule has 1 saturated heterocycles. The van der Waals surface area contributed by atoms with Gasteiger partial charge in [0.25, 0.3) is 0 Å². The van der Waals surface area contributed by atoms with E-state index in [1.165, 1.54) is 0 Å².